The molecule has 2 amide bonds. The van der Waals surface area contributed by atoms with Gasteiger partial charge in [0.25, 0.3) is 0 Å². The highest BCUT2D eigenvalue weighted by molar-refractivity contribution is 9.10. The number of thioether (sulfide) groups is 1. The summed E-state index contributed by atoms with van der Waals surface area (Å²) >= 11 is 5.12. The van der Waals surface area contributed by atoms with E-state index in [9.17, 15) is 9.59 Å². The summed E-state index contributed by atoms with van der Waals surface area (Å²) in [5.74, 6) is 0.645. The van der Waals surface area contributed by atoms with Gasteiger partial charge in [0.15, 0.2) is 0 Å². The van der Waals surface area contributed by atoms with Gasteiger partial charge < -0.3 is 10.1 Å². The van der Waals surface area contributed by atoms with Crippen LogP contribution in [-0.4, -0.2) is 31.9 Å². The van der Waals surface area contributed by atoms with Crippen molar-refractivity contribution >= 4 is 51.1 Å². The van der Waals surface area contributed by atoms with Gasteiger partial charge in [-0.3, -0.25) is 9.69 Å². The first-order valence-corrected chi connectivity index (χ1v) is 9.38. The Morgan fingerprint density at radius 3 is 2.48 bits per heavy atom. The number of benzene rings is 2. The van der Waals surface area contributed by atoms with Crippen molar-refractivity contribution in [3.63, 3.8) is 0 Å². The van der Waals surface area contributed by atoms with Crippen LogP contribution in [0.4, 0.5) is 16.2 Å². The minimum atomic E-state index is -0.444. The van der Waals surface area contributed by atoms with Gasteiger partial charge in [0.2, 0.25) is 5.91 Å². The maximum atomic E-state index is 12.0. The molecule has 0 atom stereocenters. The molecule has 0 bridgehead atoms. The number of anilines is 2. The zero-order valence-electron chi connectivity index (χ0n) is 14.0. The second-order valence-corrected chi connectivity index (χ2v) is 7.14. The molecule has 7 heteroatoms. The number of rotatable bonds is 6. The van der Waals surface area contributed by atoms with Crippen LogP contribution in [0.2, 0.25) is 0 Å². The Kier molecular flexibility index (Phi) is 7.33. The van der Waals surface area contributed by atoms with Gasteiger partial charge >= 0.3 is 6.09 Å². The molecule has 2 aromatic rings. The third-order valence-electron chi connectivity index (χ3n) is 3.41. The Labute approximate surface area is 159 Å². The minimum absolute atomic E-state index is 0.0476. The fourth-order valence-corrected chi connectivity index (χ4v) is 3.57. The maximum absolute atomic E-state index is 12.0. The van der Waals surface area contributed by atoms with E-state index in [4.69, 9.17) is 0 Å². The molecule has 5 nitrogen and oxygen atoms in total. The summed E-state index contributed by atoms with van der Waals surface area (Å²) in [7, 11) is 2.96. The predicted octanol–water partition coefficient (Wildman–Crippen LogP) is 4.77. The molecule has 0 spiro atoms. The third kappa shape index (κ3) is 5.79. The van der Waals surface area contributed by atoms with Crippen molar-refractivity contribution in [2.24, 2.45) is 0 Å². The summed E-state index contributed by atoms with van der Waals surface area (Å²) in [5, 5.41) is 2.85. The SMILES string of the molecule is COC(=O)N(C)c1ccc(NC(=O)CCSc2ccccc2Br)cc1. The van der Waals surface area contributed by atoms with Crippen molar-refractivity contribution in [2.45, 2.75) is 11.3 Å². The number of nitrogens with one attached hydrogen (secondary N) is 1. The topological polar surface area (TPSA) is 58.6 Å². The van der Waals surface area contributed by atoms with E-state index in [0.717, 1.165) is 9.37 Å². The van der Waals surface area contributed by atoms with E-state index in [2.05, 4.69) is 26.0 Å². The van der Waals surface area contributed by atoms with Crippen LogP contribution >= 0.6 is 27.7 Å². The Hall–Kier alpha value is -1.99. The maximum Gasteiger partial charge on any atom is 0.413 e. The van der Waals surface area contributed by atoms with Gasteiger partial charge in [-0.25, -0.2) is 4.79 Å². The Balaban J connectivity index is 1.82. The van der Waals surface area contributed by atoms with Gasteiger partial charge in [-0.2, -0.15) is 0 Å². The van der Waals surface area contributed by atoms with Gasteiger partial charge in [0.1, 0.15) is 0 Å². The molecule has 0 aliphatic carbocycles. The molecule has 0 radical (unpaired) electrons. The summed E-state index contributed by atoms with van der Waals surface area (Å²) in [6.45, 7) is 0. The van der Waals surface area contributed by atoms with Crippen molar-refractivity contribution in [3.05, 3.63) is 53.0 Å². The van der Waals surface area contributed by atoms with Crippen LogP contribution in [0.15, 0.2) is 57.9 Å². The lowest BCUT2D eigenvalue weighted by Gasteiger charge is -2.16. The lowest BCUT2D eigenvalue weighted by atomic mass is 10.2. The number of carbonyl (C=O) groups is 2. The first-order valence-electron chi connectivity index (χ1n) is 7.60. The number of ether oxygens (including phenoxy) is 1. The molecule has 25 heavy (non-hydrogen) atoms. The number of halogens is 1. The minimum Gasteiger partial charge on any atom is -0.452 e. The van der Waals surface area contributed by atoms with E-state index in [1.54, 1.807) is 43.1 Å². The Morgan fingerprint density at radius 2 is 1.84 bits per heavy atom. The number of nitrogens with zero attached hydrogens (tertiary/aromatic N) is 1. The molecule has 0 aromatic heterocycles. The second kappa shape index (κ2) is 9.48. The zero-order chi connectivity index (χ0) is 18.2. The van der Waals surface area contributed by atoms with Gasteiger partial charge in [0, 0.05) is 40.0 Å². The molecule has 0 saturated heterocycles. The average molecular weight is 423 g/mol. The number of amides is 2. The highest BCUT2D eigenvalue weighted by Crippen LogP contribution is 2.27. The molecule has 0 unspecified atom stereocenters. The van der Waals surface area contributed by atoms with E-state index in [0.29, 0.717) is 23.5 Å². The molecule has 0 fully saturated rings. The van der Waals surface area contributed by atoms with Gasteiger partial charge in [-0.05, 0) is 52.3 Å². The van der Waals surface area contributed by atoms with Crippen molar-refractivity contribution < 1.29 is 14.3 Å². The van der Waals surface area contributed by atoms with Crippen LogP contribution in [0, 0.1) is 0 Å². The monoisotopic (exact) mass is 422 g/mol. The normalized spacial score (nSPS) is 10.2. The van der Waals surface area contributed by atoms with Crippen LogP contribution in [0.5, 0.6) is 0 Å². The fourth-order valence-electron chi connectivity index (χ4n) is 2.05. The van der Waals surface area contributed by atoms with Crippen LogP contribution in [0.25, 0.3) is 0 Å². The number of carbonyl (C=O) groups excluding carboxylic acids is 2. The summed E-state index contributed by atoms with van der Waals surface area (Å²) < 4.78 is 5.70. The van der Waals surface area contributed by atoms with Crippen molar-refractivity contribution in [1.82, 2.24) is 0 Å². The third-order valence-corrected chi connectivity index (χ3v) is 5.44. The van der Waals surface area contributed by atoms with Gasteiger partial charge in [0.05, 0.1) is 7.11 Å². The smallest absolute Gasteiger partial charge is 0.413 e. The van der Waals surface area contributed by atoms with Crippen molar-refractivity contribution in [1.29, 1.82) is 0 Å². The van der Waals surface area contributed by atoms with Crippen molar-refractivity contribution in [2.75, 3.05) is 30.1 Å². The molecular formula is C18H19BrN2O3S. The van der Waals surface area contributed by atoms with Crippen LogP contribution in [0.3, 0.4) is 0 Å². The quantitative estimate of drug-likeness (QED) is 0.680. The summed E-state index contributed by atoms with van der Waals surface area (Å²) in [6, 6.07) is 15.0. The van der Waals surface area contributed by atoms with E-state index in [-0.39, 0.29) is 5.91 Å². The molecular weight excluding hydrogens is 404 g/mol. The summed E-state index contributed by atoms with van der Waals surface area (Å²) in [6.07, 6.45) is -0.0311. The number of methoxy groups -OCH3 is 1. The molecule has 0 aliphatic heterocycles. The Bertz CT molecular complexity index is 737. The molecule has 2 rings (SSSR count). The zero-order valence-corrected chi connectivity index (χ0v) is 16.4. The van der Waals surface area contributed by atoms with E-state index >= 15 is 0 Å². The van der Waals surface area contributed by atoms with Gasteiger partial charge in [-0.15, -0.1) is 11.8 Å². The average Bonchev–Trinajstić information content (AvgIpc) is 2.62. The van der Waals surface area contributed by atoms with Crippen LogP contribution < -0.4 is 10.2 Å². The van der Waals surface area contributed by atoms with E-state index < -0.39 is 6.09 Å². The second-order valence-electron chi connectivity index (χ2n) is 5.15. The lowest BCUT2D eigenvalue weighted by molar-refractivity contribution is -0.115. The summed E-state index contributed by atoms with van der Waals surface area (Å²) in [4.78, 5) is 26.0. The van der Waals surface area contributed by atoms with Crippen LogP contribution in [-0.2, 0) is 9.53 Å². The van der Waals surface area contributed by atoms with Gasteiger partial charge in [-0.1, -0.05) is 12.1 Å². The highest BCUT2D eigenvalue weighted by Gasteiger charge is 2.10. The standard InChI is InChI=1S/C18H19BrN2O3S/c1-21(18(23)24-2)14-9-7-13(8-10-14)20-17(22)11-12-25-16-6-4-3-5-15(16)19/h3-10H,11-12H2,1-2H3,(H,20,22). The lowest BCUT2D eigenvalue weighted by Crippen LogP contribution is -2.25. The first kappa shape index (κ1) is 19.3. The highest BCUT2D eigenvalue weighted by atomic mass is 79.9. The number of hydrogen-bond donors (Lipinski definition) is 1. The van der Waals surface area contributed by atoms with E-state index in [1.165, 1.54) is 12.0 Å². The predicted molar refractivity (Wildman–Crippen MR) is 105 cm³/mol. The molecule has 1 N–H and O–H groups in total. The molecule has 2 aromatic carbocycles. The largest absolute Gasteiger partial charge is 0.452 e. The molecule has 0 saturated carbocycles. The first-order chi connectivity index (χ1) is 12.0. The molecule has 132 valence electrons. The molecule has 0 heterocycles. The summed E-state index contributed by atoms with van der Waals surface area (Å²) in [5.41, 5.74) is 1.38. The van der Waals surface area contributed by atoms with E-state index in [1.807, 2.05) is 24.3 Å². The molecule has 0 aliphatic rings. The number of hydrogen-bond acceptors (Lipinski definition) is 4. The van der Waals surface area contributed by atoms with Crippen molar-refractivity contribution in [3.8, 4) is 0 Å². The van der Waals surface area contributed by atoms with Crippen LogP contribution in [0.1, 0.15) is 6.42 Å². The Morgan fingerprint density at radius 1 is 1.16 bits per heavy atom. The fraction of sp³-hybridized carbons (Fsp3) is 0.222.